The van der Waals surface area contributed by atoms with E-state index in [1.54, 1.807) is 18.0 Å². The van der Waals surface area contributed by atoms with Crippen LogP contribution in [-0.4, -0.2) is 66.0 Å². The van der Waals surface area contributed by atoms with Crippen molar-refractivity contribution in [2.24, 2.45) is 0 Å². The SMILES string of the molecule is CNC(=O)CN1CCN(C(=O)/C(C#N)=C/c2cc(C)n(-c3ccc(C)cc3)c2C)CC1. The van der Waals surface area contributed by atoms with Crippen LogP contribution >= 0.6 is 0 Å². The molecule has 1 aliphatic rings. The number of hydrogen-bond acceptors (Lipinski definition) is 4. The Labute approximate surface area is 183 Å². The summed E-state index contributed by atoms with van der Waals surface area (Å²) in [6, 6.07) is 12.4. The third-order valence-electron chi connectivity index (χ3n) is 5.72. The lowest BCUT2D eigenvalue weighted by Gasteiger charge is -2.34. The Morgan fingerprint density at radius 3 is 2.32 bits per heavy atom. The van der Waals surface area contributed by atoms with Crippen molar-refractivity contribution in [2.75, 3.05) is 39.8 Å². The summed E-state index contributed by atoms with van der Waals surface area (Å²) in [5, 5.41) is 12.3. The van der Waals surface area contributed by atoms with Crippen molar-refractivity contribution in [3.05, 3.63) is 58.4 Å². The van der Waals surface area contributed by atoms with Crippen molar-refractivity contribution in [3.8, 4) is 11.8 Å². The Morgan fingerprint density at radius 1 is 1.10 bits per heavy atom. The lowest BCUT2D eigenvalue weighted by atomic mass is 10.1. The maximum atomic E-state index is 13.0. The third-order valence-corrected chi connectivity index (χ3v) is 5.72. The Bertz CT molecular complexity index is 1040. The molecule has 7 nitrogen and oxygen atoms in total. The average Bonchev–Trinajstić information content (AvgIpc) is 3.05. The van der Waals surface area contributed by atoms with Crippen LogP contribution in [0.5, 0.6) is 0 Å². The van der Waals surface area contributed by atoms with Gasteiger partial charge in [-0.05, 0) is 50.6 Å². The lowest BCUT2D eigenvalue weighted by Crippen LogP contribution is -2.51. The first-order chi connectivity index (χ1) is 14.8. The Hall–Kier alpha value is -3.37. The predicted octanol–water partition coefficient (Wildman–Crippen LogP) is 2.20. The molecule has 0 spiro atoms. The summed E-state index contributed by atoms with van der Waals surface area (Å²) >= 11 is 0. The molecule has 2 heterocycles. The Morgan fingerprint density at radius 2 is 1.74 bits per heavy atom. The number of amides is 2. The number of piperazine rings is 1. The molecule has 2 amide bonds. The summed E-state index contributed by atoms with van der Waals surface area (Å²) in [7, 11) is 1.61. The smallest absolute Gasteiger partial charge is 0.264 e. The van der Waals surface area contributed by atoms with Crippen LogP contribution in [0.1, 0.15) is 22.5 Å². The monoisotopic (exact) mass is 419 g/mol. The van der Waals surface area contributed by atoms with Crippen LogP contribution in [0.3, 0.4) is 0 Å². The fourth-order valence-electron chi connectivity index (χ4n) is 3.88. The van der Waals surface area contributed by atoms with Crippen LogP contribution in [-0.2, 0) is 9.59 Å². The van der Waals surface area contributed by atoms with E-state index in [0.717, 1.165) is 22.6 Å². The zero-order valence-corrected chi connectivity index (χ0v) is 18.6. The molecular formula is C24H29N5O2. The zero-order valence-electron chi connectivity index (χ0n) is 18.6. The number of benzene rings is 1. The van der Waals surface area contributed by atoms with Gasteiger partial charge >= 0.3 is 0 Å². The van der Waals surface area contributed by atoms with E-state index >= 15 is 0 Å². The molecule has 1 N–H and O–H groups in total. The maximum Gasteiger partial charge on any atom is 0.264 e. The molecule has 7 heteroatoms. The summed E-state index contributed by atoms with van der Waals surface area (Å²) < 4.78 is 2.13. The van der Waals surface area contributed by atoms with Gasteiger partial charge in [-0.1, -0.05) is 17.7 Å². The molecule has 162 valence electrons. The number of nitrogens with one attached hydrogen (secondary N) is 1. The van der Waals surface area contributed by atoms with Crippen LogP contribution in [0.4, 0.5) is 0 Å². The molecule has 0 atom stereocenters. The van der Waals surface area contributed by atoms with Gasteiger partial charge in [0.1, 0.15) is 11.6 Å². The predicted molar refractivity (Wildman–Crippen MR) is 121 cm³/mol. The quantitative estimate of drug-likeness (QED) is 0.595. The molecular weight excluding hydrogens is 390 g/mol. The largest absolute Gasteiger partial charge is 0.358 e. The number of aromatic nitrogens is 1. The Kier molecular flexibility index (Phi) is 6.93. The molecule has 3 rings (SSSR count). The first kappa shape index (κ1) is 22.3. The molecule has 1 fully saturated rings. The second kappa shape index (κ2) is 9.63. The molecule has 0 bridgehead atoms. The van der Waals surface area contributed by atoms with Crippen LogP contribution < -0.4 is 5.32 Å². The highest BCUT2D eigenvalue weighted by molar-refractivity contribution is 6.02. The van der Waals surface area contributed by atoms with Gasteiger partial charge in [0.05, 0.1) is 6.54 Å². The van der Waals surface area contributed by atoms with Gasteiger partial charge in [0.2, 0.25) is 5.91 Å². The lowest BCUT2D eigenvalue weighted by molar-refractivity contribution is -0.128. The molecule has 0 unspecified atom stereocenters. The van der Waals surface area contributed by atoms with E-state index in [0.29, 0.717) is 32.7 Å². The fourth-order valence-corrected chi connectivity index (χ4v) is 3.88. The van der Waals surface area contributed by atoms with Crippen LogP contribution in [0, 0.1) is 32.1 Å². The van der Waals surface area contributed by atoms with Gasteiger partial charge < -0.3 is 14.8 Å². The normalized spacial score (nSPS) is 14.9. The summed E-state index contributed by atoms with van der Waals surface area (Å²) in [4.78, 5) is 28.2. The van der Waals surface area contributed by atoms with E-state index in [9.17, 15) is 14.9 Å². The highest BCUT2D eigenvalue weighted by Gasteiger charge is 2.25. The van der Waals surface area contributed by atoms with Gasteiger partial charge in [-0.25, -0.2) is 0 Å². The van der Waals surface area contributed by atoms with E-state index in [-0.39, 0.29) is 17.4 Å². The minimum absolute atomic E-state index is 0.0404. The molecule has 0 aliphatic carbocycles. The summed E-state index contributed by atoms with van der Waals surface area (Å²) in [6.07, 6.45) is 1.69. The highest BCUT2D eigenvalue weighted by Crippen LogP contribution is 2.23. The molecule has 2 aromatic rings. The number of carbonyl (C=O) groups excluding carboxylic acids is 2. The number of aryl methyl sites for hydroxylation is 2. The molecule has 31 heavy (non-hydrogen) atoms. The number of carbonyl (C=O) groups is 2. The number of rotatable bonds is 5. The van der Waals surface area contributed by atoms with Gasteiger partial charge in [-0.3, -0.25) is 14.5 Å². The molecule has 1 aliphatic heterocycles. The first-order valence-electron chi connectivity index (χ1n) is 10.4. The van der Waals surface area contributed by atoms with E-state index in [4.69, 9.17) is 0 Å². The molecule has 1 aromatic heterocycles. The van der Waals surface area contributed by atoms with Crippen molar-refractivity contribution < 1.29 is 9.59 Å². The van der Waals surface area contributed by atoms with E-state index in [1.165, 1.54) is 5.56 Å². The number of nitriles is 1. The minimum Gasteiger partial charge on any atom is -0.358 e. The number of likely N-dealkylation sites (N-methyl/N-ethyl adjacent to an activating group) is 1. The van der Waals surface area contributed by atoms with Crippen molar-refractivity contribution in [1.29, 1.82) is 5.26 Å². The van der Waals surface area contributed by atoms with Crippen molar-refractivity contribution in [1.82, 2.24) is 19.7 Å². The molecule has 0 saturated carbocycles. The zero-order chi connectivity index (χ0) is 22.5. The molecule has 0 radical (unpaired) electrons. The third kappa shape index (κ3) is 5.04. The average molecular weight is 420 g/mol. The van der Waals surface area contributed by atoms with E-state index < -0.39 is 0 Å². The fraction of sp³-hybridized carbons (Fsp3) is 0.375. The van der Waals surface area contributed by atoms with Gasteiger partial charge in [-0.15, -0.1) is 0 Å². The van der Waals surface area contributed by atoms with Gasteiger partial charge in [0.25, 0.3) is 5.91 Å². The highest BCUT2D eigenvalue weighted by atomic mass is 16.2. The van der Waals surface area contributed by atoms with E-state index in [2.05, 4.69) is 47.1 Å². The van der Waals surface area contributed by atoms with Crippen LogP contribution in [0.25, 0.3) is 11.8 Å². The van der Waals surface area contributed by atoms with Crippen molar-refractivity contribution in [2.45, 2.75) is 20.8 Å². The van der Waals surface area contributed by atoms with Gasteiger partial charge in [0.15, 0.2) is 0 Å². The molecule has 1 saturated heterocycles. The Balaban J connectivity index is 1.77. The summed E-state index contributed by atoms with van der Waals surface area (Å²) in [5.74, 6) is -0.302. The number of hydrogen-bond donors (Lipinski definition) is 1. The summed E-state index contributed by atoms with van der Waals surface area (Å²) in [6.45, 7) is 8.61. The maximum absolute atomic E-state index is 13.0. The van der Waals surface area contributed by atoms with E-state index in [1.807, 2.05) is 24.8 Å². The van der Waals surface area contributed by atoms with Crippen LogP contribution in [0.15, 0.2) is 35.9 Å². The van der Waals surface area contributed by atoms with Crippen molar-refractivity contribution in [3.63, 3.8) is 0 Å². The number of nitrogens with zero attached hydrogens (tertiary/aromatic N) is 4. The minimum atomic E-state index is -0.262. The van der Waals surface area contributed by atoms with Gasteiger partial charge in [0, 0.05) is 50.3 Å². The van der Waals surface area contributed by atoms with Crippen LogP contribution in [0.2, 0.25) is 0 Å². The topological polar surface area (TPSA) is 81.4 Å². The van der Waals surface area contributed by atoms with Gasteiger partial charge in [-0.2, -0.15) is 5.26 Å². The first-order valence-corrected chi connectivity index (χ1v) is 10.4. The second-order valence-electron chi connectivity index (χ2n) is 7.91. The second-order valence-corrected chi connectivity index (χ2v) is 7.91. The van der Waals surface area contributed by atoms with Crippen molar-refractivity contribution >= 4 is 17.9 Å². The molecule has 1 aromatic carbocycles. The standard InChI is InChI=1S/C24H29N5O2/c1-17-5-7-22(8-6-17)29-18(2)13-20(19(29)3)14-21(15-25)24(31)28-11-9-27(10-12-28)16-23(30)26-4/h5-8,13-14H,9-12,16H2,1-4H3,(H,26,30)/b21-14+. The summed E-state index contributed by atoms with van der Waals surface area (Å²) in [5.41, 5.74) is 5.26.